The Kier molecular flexibility index (Phi) is 11.7. The summed E-state index contributed by atoms with van der Waals surface area (Å²) in [5.74, 6) is -1.65. The third-order valence-electron chi connectivity index (χ3n) is 5.22. The summed E-state index contributed by atoms with van der Waals surface area (Å²) in [6, 6.07) is 0. The molecule has 0 saturated heterocycles. The first-order chi connectivity index (χ1) is 13.9. The lowest BCUT2D eigenvalue weighted by Crippen LogP contribution is -2.15. The number of ether oxygens (including phenoxy) is 2. The Morgan fingerprint density at radius 2 is 1.17 bits per heavy atom. The molecule has 0 aromatic carbocycles. The quantitative estimate of drug-likeness (QED) is 0.319. The van der Waals surface area contributed by atoms with Crippen LogP contribution in [-0.2, 0) is 0 Å². The molecule has 7 heteroatoms. The van der Waals surface area contributed by atoms with Gasteiger partial charge in [0.25, 0.3) is 0 Å². The van der Waals surface area contributed by atoms with E-state index in [9.17, 15) is 19.8 Å². The molecule has 0 saturated carbocycles. The van der Waals surface area contributed by atoms with E-state index in [4.69, 9.17) is 9.47 Å². The molecule has 0 aliphatic rings. The summed E-state index contributed by atoms with van der Waals surface area (Å²) in [6.45, 7) is 9.13. The van der Waals surface area contributed by atoms with Crippen LogP contribution < -0.4 is 9.47 Å². The fourth-order valence-corrected chi connectivity index (χ4v) is 4.01. The summed E-state index contributed by atoms with van der Waals surface area (Å²) in [6.07, 6.45) is 8.17. The maximum atomic E-state index is 11.7. The number of hydrogen-bond donors (Lipinski definition) is 2. The molecule has 1 rings (SSSR count). The van der Waals surface area contributed by atoms with Crippen LogP contribution in [0.5, 0.6) is 11.5 Å². The van der Waals surface area contributed by atoms with Gasteiger partial charge in [0, 0.05) is 0 Å². The van der Waals surface area contributed by atoms with Gasteiger partial charge in [-0.05, 0) is 24.7 Å². The van der Waals surface area contributed by atoms with Crippen LogP contribution in [0.1, 0.15) is 98.4 Å². The molecule has 0 aliphatic carbocycles. The molecule has 1 aromatic heterocycles. The fraction of sp³-hybridized carbons (Fsp3) is 0.727. The van der Waals surface area contributed by atoms with E-state index in [-0.39, 0.29) is 21.3 Å². The Labute approximate surface area is 178 Å². The molecular formula is C22H36O6S. The van der Waals surface area contributed by atoms with Crippen molar-refractivity contribution in [2.24, 2.45) is 11.8 Å². The molecule has 0 bridgehead atoms. The van der Waals surface area contributed by atoms with Gasteiger partial charge in [-0.25, -0.2) is 9.59 Å². The Bertz CT molecular complexity index is 587. The van der Waals surface area contributed by atoms with Crippen LogP contribution in [0, 0.1) is 11.8 Å². The minimum absolute atomic E-state index is 0.0696. The summed E-state index contributed by atoms with van der Waals surface area (Å²) in [5, 5.41) is 19.1. The lowest BCUT2D eigenvalue weighted by Gasteiger charge is -2.19. The van der Waals surface area contributed by atoms with Crippen molar-refractivity contribution in [2.75, 3.05) is 13.2 Å². The van der Waals surface area contributed by atoms with E-state index >= 15 is 0 Å². The largest absolute Gasteiger partial charge is 0.488 e. The van der Waals surface area contributed by atoms with Crippen molar-refractivity contribution in [3.05, 3.63) is 9.75 Å². The maximum absolute atomic E-state index is 11.7. The number of thiophene rings is 1. The lowest BCUT2D eigenvalue weighted by molar-refractivity contribution is 0.0682. The predicted molar refractivity (Wildman–Crippen MR) is 116 cm³/mol. The second-order valence-electron chi connectivity index (χ2n) is 7.48. The van der Waals surface area contributed by atoms with Gasteiger partial charge in [-0.3, -0.25) is 0 Å². The van der Waals surface area contributed by atoms with Gasteiger partial charge in [0.1, 0.15) is 0 Å². The number of aromatic carboxylic acids is 2. The van der Waals surface area contributed by atoms with Crippen LogP contribution in [0.3, 0.4) is 0 Å². The SMILES string of the molecule is CCCC[C@@H](CC)COc1c(C(=O)O)sc(C(=O)O)c1OC[C@H](CC)CCCC. The molecule has 166 valence electrons. The van der Waals surface area contributed by atoms with Crippen molar-refractivity contribution in [2.45, 2.75) is 79.1 Å². The van der Waals surface area contributed by atoms with Gasteiger partial charge >= 0.3 is 11.9 Å². The first-order valence-corrected chi connectivity index (χ1v) is 11.6. The molecule has 0 unspecified atom stereocenters. The van der Waals surface area contributed by atoms with E-state index < -0.39 is 11.9 Å². The Morgan fingerprint density at radius 3 is 1.45 bits per heavy atom. The summed E-state index contributed by atoms with van der Waals surface area (Å²) in [4.78, 5) is 23.2. The van der Waals surface area contributed by atoms with Crippen molar-refractivity contribution in [3.8, 4) is 11.5 Å². The highest BCUT2D eigenvalue weighted by atomic mass is 32.1. The summed E-state index contributed by atoms with van der Waals surface area (Å²) in [5.41, 5.74) is 0. The van der Waals surface area contributed by atoms with E-state index in [1.807, 2.05) is 0 Å². The number of unbranched alkanes of at least 4 members (excludes halogenated alkanes) is 2. The standard InChI is InChI=1S/C22H36O6S/c1-5-9-11-15(7-3)13-27-17-18(28-14-16(8-4)12-10-6-2)20(22(25)26)29-19(17)21(23)24/h15-16H,5-14H2,1-4H3,(H,23,24)(H,25,26)/t15-,16-/m1/s1. The second kappa shape index (κ2) is 13.5. The lowest BCUT2D eigenvalue weighted by atomic mass is 10.0. The molecule has 0 fully saturated rings. The van der Waals surface area contributed by atoms with Crippen molar-refractivity contribution < 1.29 is 29.3 Å². The Hall–Kier alpha value is -1.76. The van der Waals surface area contributed by atoms with E-state index in [1.165, 1.54) is 0 Å². The van der Waals surface area contributed by atoms with E-state index in [2.05, 4.69) is 27.7 Å². The second-order valence-corrected chi connectivity index (χ2v) is 8.50. The van der Waals surface area contributed by atoms with Crippen LogP contribution in [0.15, 0.2) is 0 Å². The molecule has 0 aliphatic heterocycles. The third kappa shape index (κ3) is 7.88. The fourth-order valence-electron chi connectivity index (χ4n) is 3.14. The molecule has 0 amide bonds. The highest BCUT2D eigenvalue weighted by Gasteiger charge is 2.30. The van der Waals surface area contributed by atoms with Crippen LogP contribution in [0.25, 0.3) is 0 Å². The molecular weight excluding hydrogens is 392 g/mol. The number of hydrogen-bond acceptors (Lipinski definition) is 5. The summed E-state index contributed by atoms with van der Waals surface area (Å²) in [7, 11) is 0. The average Bonchev–Trinajstić information content (AvgIpc) is 3.07. The Morgan fingerprint density at radius 1 is 0.793 bits per heavy atom. The van der Waals surface area contributed by atoms with Gasteiger partial charge in [0.15, 0.2) is 21.3 Å². The van der Waals surface area contributed by atoms with Crippen LogP contribution in [0.2, 0.25) is 0 Å². The van der Waals surface area contributed by atoms with Gasteiger partial charge in [-0.2, -0.15) is 0 Å². The summed E-state index contributed by atoms with van der Waals surface area (Å²) < 4.78 is 11.8. The van der Waals surface area contributed by atoms with E-state index in [0.29, 0.717) is 36.4 Å². The van der Waals surface area contributed by atoms with Gasteiger partial charge in [-0.1, -0.05) is 66.2 Å². The summed E-state index contributed by atoms with van der Waals surface area (Å²) >= 11 is 0.708. The van der Waals surface area contributed by atoms with Crippen LogP contribution >= 0.6 is 11.3 Å². The maximum Gasteiger partial charge on any atom is 0.349 e. The van der Waals surface area contributed by atoms with Crippen molar-refractivity contribution in [1.82, 2.24) is 0 Å². The Balaban J connectivity index is 3.09. The molecule has 29 heavy (non-hydrogen) atoms. The minimum Gasteiger partial charge on any atom is -0.488 e. The first kappa shape index (κ1) is 25.3. The monoisotopic (exact) mass is 428 g/mol. The zero-order chi connectivity index (χ0) is 21.8. The molecule has 0 spiro atoms. The smallest absolute Gasteiger partial charge is 0.349 e. The molecule has 0 radical (unpaired) electrons. The van der Waals surface area contributed by atoms with E-state index in [1.54, 1.807) is 0 Å². The number of rotatable bonds is 16. The highest BCUT2D eigenvalue weighted by molar-refractivity contribution is 7.16. The molecule has 1 heterocycles. The van der Waals surface area contributed by atoms with Crippen molar-refractivity contribution >= 4 is 23.3 Å². The van der Waals surface area contributed by atoms with Crippen LogP contribution in [0.4, 0.5) is 0 Å². The van der Waals surface area contributed by atoms with E-state index in [0.717, 1.165) is 51.4 Å². The number of carbonyl (C=O) groups is 2. The average molecular weight is 429 g/mol. The van der Waals surface area contributed by atoms with Gasteiger partial charge in [-0.15, -0.1) is 11.3 Å². The predicted octanol–water partition coefficient (Wildman–Crippen LogP) is 6.33. The molecule has 2 N–H and O–H groups in total. The highest BCUT2D eigenvalue weighted by Crippen LogP contribution is 2.43. The normalized spacial score (nSPS) is 13.1. The zero-order valence-electron chi connectivity index (χ0n) is 18.2. The zero-order valence-corrected chi connectivity index (χ0v) is 19.0. The molecule has 2 atom stereocenters. The third-order valence-corrected chi connectivity index (χ3v) is 6.35. The van der Waals surface area contributed by atoms with Crippen LogP contribution in [-0.4, -0.2) is 35.4 Å². The number of carboxylic acid groups (broad SMARTS) is 2. The minimum atomic E-state index is -1.19. The molecule has 1 aromatic rings. The first-order valence-electron chi connectivity index (χ1n) is 10.8. The number of carboxylic acids is 2. The topological polar surface area (TPSA) is 93.1 Å². The van der Waals surface area contributed by atoms with Gasteiger partial charge < -0.3 is 19.7 Å². The van der Waals surface area contributed by atoms with Gasteiger partial charge in [0.05, 0.1) is 13.2 Å². The van der Waals surface area contributed by atoms with Crippen molar-refractivity contribution in [3.63, 3.8) is 0 Å². The molecule has 6 nitrogen and oxygen atoms in total. The van der Waals surface area contributed by atoms with Crippen molar-refractivity contribution in [1.29, 1.82) is 0 Å². The van der Waals surface area contributed by atoms with Gasteiger partial charge in [0.2, 0.25) is 0 Å².